The number of benzene rings is 2. The highest BCUT2D eigenvalue weighted by Crippen LogP contribution is 2.30. The van der Waals surface area contributed by atoms with Crippen LogP contribution in [0.4, 0.5) is 0 Å². The van der Waals surface area contributed by atoms with Crippen molar-refractivity contribution in [1.82, 2.24) is 10.1 Å². The van der Waals surface area contributed by atoms with E-state index in [1.807, 2.05) is 30.3 Å². The lowest BCUT2D eigenvalue weighted by Gasteiger charge is -1.98. The summed E-state index contributed by atoms with van der Waals surface area (Å²) in [6, 6.07) is 14.5. The number of phenols is 1. The number of hydrogen-bond acceptors (Lipinski definition) is 4. The standard InChI is InChI=1S/C15H11ClN2O2/c16-13-7-6-11(19)9-12(13)15-17-14(18-20-15)8-10-4-2-1-3-5-10/h1-7,9,19H,8H2. The van der Waals surface area contributed by atoms with Gasteiger partial charge in [0.15, 0.2) is 5.82 Å². The fraction of sp³-hybridized carbons (Fsp3) is 0.0667. The lowest BCUT2D eigenvalue weighted by atomic mass is 10.1. The zero-order valence-electron chi connectivity index (χ0n) is 10.5. The van der Waals surface area contributed by atoms with Crippen LogP contribution >= 0.6 is 11.6 Å². The average molecular weight is 287 g/mol. The largest absolute Gasteiger partial charge is 0.508 e. The van der Waals surface area contributed by atoms with Gasteiger partial charge in [0.25, 0.3) is 5.89 Å². The van der Waals surface area contributed by atoms with Crippen molar-refractivity contribution in [2.45, 2.75) is 6.42 Å². The lowest BCUT2D eigenvalue weighted by molar-refractivity contribution is 0.423. The molecule has 100 valence electrons. The van der Waals surface area contributed by atoms with Gasteiger partial charge < -0.3 is 9.63 Å². The van der Waals surface area contributed by atoms with Crippen LogP contribution in [0.1, 0.15) is 11.4 Å². The monoisotopic (exact) mass is 286 g/mol. The van der Waals surface area contributed by atoms with Gasteiger partial charge in [0.1, 0.15) is 5.75 Å². The predicted octanol–water partition coefficient (Wildman–Crippen LogP) is 3.69. The van der Waals surface area contributed by atoms with Crippen LogP contribution in [0.25, 0.3) is 11.5 Å². The summed E-state index contributed by atoms with van der Waals surface area (Å²) >= 11 is 6.06. The number of aromatic hydroxyl groups is 1. The third-order valence-electron chi connectivity index (χ3n) is 2.85. The van der Waals surface area contributed by atoms with Crippen LogP contribution in [-0.4, -0.2) is 15.2 Å². The van der Waals surface area contributed by atoms with E-state index in [0.29, 0.717) is 28.7 Å². The Morgan fingerprint density at radius 1 is 1.10 bits per heavy atom. The number of hydrogen-bond donors (Lipinski definition) is 1. The molecule has 5 heteroatoms. The molecule has 0 unspecified atom stereocenters. The SMILES string of the molecule is Oc1ccc(Cl)c(-c2nc(Cc3ccccc3)no2)c1. The third kappa shape index (κ3) is 2.65. The Morgan fingerprint density at radius 2 is 1.90 bits per heavy atom. The summed E-state index contributed by atoms with van der Waals surface area (Å²) in [5.74, 6) is 0.981. The van der Waals surface area contributed by atoms with Gasteiger partial charge in [0, 0.05) is 6.42 Å². The summed E-state index contributed by atoms with van der Waals surface area (Å²) in [6.45, 7) is 0. The van der Waals surface area contributed by atoms with Crippen LogP contribution in [0.5, 0.6) is 5.75 Å². The summed E-state index contributed by atoms with van der Waals surface area (Å²) < 4.78 is 5.20. The van der Waals surface area contributed by atoms with E-state index in [1.165, 1.54) is 12.1 Å². The van der Waals surface area contributed by atoms with E-state index in [0.717, 1.165) is 5.56 Å². The molecule has 0 amide bonds. The molecule has 1 aromatic heterocycles. The average Bonchev–Trinajstić information content (AvgIpc) is 2.91. The fourth-order valence-corrected chi connectivity index (χ4v) is 2.09. The van der Waals surface area contributed by atoms with Crippen molar-refractivity contribution < 1.29 is 9.63 Å². The minimum Gasteiger partial charge on any atom is -0.508 e. The van der Waals surface area contributed by atoms with Gasteiger partial charge in [-0.15, -0.1) is 0 Å². The van der Waals surface area contributed by atoms with E-state index < -0.39 is 0 Å². The maximum Gasteiger partial charge on any atom is 0.259 e. The Morgan fingerprint density at radius 3 is 2.70 bits per heavy atom. The molecule has 3 aromatic rings. The molecule has 0 fully saturated rings. The first-order valence-corrected chi connectivity index (χ1v) is 6.45. The van der Waals surface area contributed by atoms with Crippen molar-refractivity contribution in [3.8, 4) is 17.2 Å². The summed E-state index contributed by atoms with van der Waals surface area (Å²) in [6.07, 6.45) is 0.584. The van der Waals surface area contributed by atoms with Gasteiger partial charge >= 0.3 is 0 Å². The van der Waals surface area contributed by atoms with Gasteiger partial charge in [-0.2, -0.15) is 4.98 Å². The normalized spacial score (nSPS) is 10.7. The molecule has 4 nitrogen and oxygen atoms in total. The van der Waals surface area contributed by atoms with Gasteiger partial charge in [0.05, 0.1) is 10.6 Å². The smallest absolute Gasteiger partial charge is 0.259 e. The van der Waals surface area contributed by atoms with Gasteiger partial charge in [-0.05, 0) is 23.8 Å². The van der Waals surface area contributed by atoms with Gasteiger partial charge in [-0.25, -0.2) is 0 Å². The van der Waals surface area contributed by atoms with Crippen LogP contribution in [0.2, 0.25) is 5.02 Å². The number of nitrogens with zero attached hydrogens (tertiary/aromatic N) is 2. The Hall–Kier alpha value is -2.33. The summed E-state index contributed by atoms with van der Waals surface area (Å²) in [7, 11) is 0. The summed E-state index contributed by atoms with van der Waals surface area (Å²) in [4.78, 5) is 4.30. The van der Waals surface area contributed by atoms with E-state index in [1.54, 1.807) is 6.07 Å². The molecule has 0 saturated heterocycles. The fourth-order valence-electron chi connectivity index (χ4n) is 1.89. The zero-order valence-corrected chi connectivity index (χ0v) is 11.2. The molecule has 2 aromatic carbocycles. The van der Waals surface area contributed by atoms with Gasteiger partial charge in [-0.1, -0.05) is 47.1 Å². The highest BCUT2D eigenvalue weighted by Gasteiger charge is 2.13. The summed E-state index contributed by atoms with van der Waals surface area (Å²) in [5, 5.41) is 13.9. The lowest BCUT2D eigenvalue weighted by Crippen LogP contribution is -1.90. The number of aromatic nitrogens is 2. The van der Waals surface area contributed by atoms with Crippen LogP contribution in [-0.2, 0) is 6.42 Å². The Kier molecular flexibility index (Phi) is 3.39. The topological polar surface area (TPSA) is 59.2 Å². The third-order valence-corrected chi connectivity index (χ3v) is 3.18. The van der Waals surface area contributed by atoms with Crippen LogP contribution in [0.15, 0.2) is 53.1 Å². The molecule has 0 aliphatic carbocycles. The minimum atomic E-state index is 0.104. The molecule has 1 N–H and O–H groups in total. The Bertz CT molecular complexity index is 726. The molecular weight excluding hydrogens is 276 g/mol. The van der Waals surface area contributed by atoms with Gasteiger partial charge in [-0.3, -0.25) is 0 Å². The van der Waals surface area contributed by atoms with E-state index in [-0.39, 0.29) is 5.75 Å². The Labute approximate surface area is 120 Å². The number of rotatable bonds is 3. The maximum atomic E-state index is 9.49. The first kappa shape index (κ1) is 12.7. The highest BCUT2D eigenvalue weighted by molar-refractivity contribution is 6.33. The second kappa shape index (κ2) is 5.35. The first-order chi connectivity index (χ1) is 9.72. The van der Waals surface area contributed by atoms with E-state index in [4.69, 9.17) is 16.1 Å². The maximum absolute atomic E-state index is 9.49. The summed E-state index contributed by atoms with van der Waals surface area (Å²) in [5.41, 5.74) is 1.63. The molecule has 0 bridgehead atoms. The molecule has 0 atom stereocenters. The van der Waals surface area contributed by atoms with Crippen molar-refractivity contribution in [1.29, 1.82) is 0 Å². The van der Waals surface area contributed by atoms with Crippen LogP contribution in [0, 0.1) is 0 Å². The molecule has 0 radical (unpaired) electrons. The second-order valence-electron chi connectivity index (χ2n) is 4.34. The van der Waals surface area contributed by atoms with Crippen molar-refractivity contribution in [3.05, 3.63) is 64.9 Å². The second-order valence-corrected chi connectivity index (χ2v) is 4.75. The number of halogens is 1. The van der Waals surface area contributed by atoms with Crippen LogP contribution in [0.3, 0.4) is 0 Å². The zero-order chi connectivity index (χ0) is 13.9. The molecule has 1 heterocycles. The molecule has 0 aliphatic rings. The van der Waals surface area contributed by atoms with E-state index in [9.17, 15) is 5.11 Å². The molecule has 0 spiro atoms. The van der Waals surface area contributed by atoms with Crippen molar-refractivity contribution in [3.63, 3.8) is 0 Å². The van der Waals surface area contributed by atoms with Crippen molar-refractivity contribution in [2.75, 3.05) is 0 Å². The Balaban J connectivity index is 1.88. The van der Waals surface area contributed by atoms with Crippen molar-refractivity contribution in [2.24, 2.45) is 0 Å². The van der Waals surface area contributed by atoms with Crippen LogP contribution < -0.4 is 0 Å². The predicted molar refractivity (Wildman–Crippen MR) is 75.7 cm³/mol. The first-order valence-electron chi connectivity index (χ1n) is 6.08. The minimum absolute atomic E-state index is 0.104. The van der Waals surface area contributed by atoms with E-state index in [2.05, 4.69) is 10.1 Å². The number of phenolic OH excluding ortho intramolecular Hbond substituents is 1. The molecular formula is C15H11ClN2O2. The molecule has 20 heavy (non-hydrogen) atoms. The highest BCUT2D eigenvalue weighted by atomic mass is 35.5. The quantitative estimate of drug-likeness (QED) is 0.798. The van der Waals surface area contributed by atoms with Crippen molar-refractivity contribution >= 4 is 11.6 Å². The molecule has 0 aliphatic heterocycles. The van der Waals surface area contributed by atoms with Gasteiger partial charge in [0.2, 0.25) is 0 Å². The molecule has 0 saturated carbocycles. The van der Waals surface area contributed by atoms with E-state index >= 15 is 0 Å². The molecule has 3 rings (SSSR count).